The molecule has 8 nitrogen and oxygen atoms in total. The summed E-state index contributed by atoms with van der Waals surface area (Å²) in [6, 6.07) is -0.232. The van der Waals surface area contributed by atoms with E-state index in [4.69, 9.17) is 0 Å². The summed E-state index contributed by atoms with van der Waals surface area (Å²) in [6.45, 7) is 6.84. The van der Waals surface area contributed by atoms with Crippen molar-refractivity contribution in [1.82, 2.24) is 29.4 Å². The van der Waals surface area contributed by atoms with Crippen LogP contribution >= 0.6 is 11.5 Å². The summed E-state index contributed by atoms with van der Waals surface area (Å²) in [5.41, 5.74) is -0.132. The molecular weight excluding hydrogens is 314 g/mol. The Morgan fingerprint density at radius 2 is 2.26 bits per heavy atom. The molecule has 9 heteroatoms. The van der Waals surface area contributed by atoms with Crippen LogP contribution in [0.4, 0.5) is 9.93 Å². The average Bonchev–Trinajstić information content (AvgIpc) is 3.18. The van der Waals surface area contributed by atoms with E-state index in [0.717, 1.165) is 30.9 Å². The van der Waals surface area contributed by atoms with E-state index in [0.29, 0.717) is 11.7 Å². The smallest absolute Gasteiger partial charge is 0.314 e. The van der Waals surface area contributed by atoms with Crippen molar-refractivity contribution >= 4 is 22.7 Å². The van der Waals surface area contributed by atoms with Gasteiger partial charge in [-0.25, -0.2) is 14.8 Å². The molecule has 0 aromatic carbocycles. The van der Waals surface area contributed by atoms with Crippen LogP contribution in [0.2, 0.25) is 0 Å². The average molecular weight is 335 g/mol. The highest BCUT2D eigenvalue weighted by Crippen LogP contribution is 2.29. The Kier molecular flexibility index (Phi) is 4.29. The van der Waals surface area contributed by atoms with Gasteiger partial charge in [-0.2, -0.15) is 9.47 Å². The van der Waals surface area contributed by atoms with Crippen molar-refractivity contribution in [3.05, 3.63) is 18.0 Å². The van der Waals surface area contributed by atoms with Gasteiger partial charge in [0, 0.05) is 23.5 Å². The van der Waals surface area contributed by atoms with Crippen LogP contribution in [0.5, 0.6) is 0 Å². The van der Waals surface area contributed by atoms with Crippen molar-refractivity contribution in [1.29, 1.82) is 0 Å². The van der Waals surface area contributed by atoms with Gasteiger partial charge in [0.05, 0.1) is 6.04 Å². The van der Waals surface area contributed by atoms with Gasteiger partial charge in [-0.1, -0.05) is 20.8 Å². The van der Waals surface area contributed by atoms with Crippen molar-refractivity contribution in [3.8, 4) is 0 Å². The highest BCUT2D eigenvalue weighted by molar-refractivity contribution is 7.09. The number of nitrogens with one attached hydrogen (secondary N) is 2. The predicted octanol–water partition coefficient (Wildman–Crippen LogP) is 2.71. The van der Waals surface area contributed by atoms with E-state index < -0.39 is 0 Å². The number of aromatic amines is 1. The first-order valence-electron chi connectivity index (χ1n) is 7.72. The Balaban J connectivity index is 1.72. The van der Waals surface area contributed by atoms with Gasteiger partial charge in [0.2, 0.25) is 5.13 Å². The van der Waals surface area contributed by atoms with E-state index in [1.165, 1.54) is 17.9 Å². The maximum absolute atomic E-state index is 12.6. The van der Waals surface area contributed by atoms with Crippen LogP contribution in [0.1, 0.15) is 57.7 Å². The molecule has 0 radical (unpaired) electrons. The van der Waals surface area contributed by atoms with Gasteiger partial charge in [-0.15, -0.1) is 0 Å². The molecule has 23 heavy (non-hydrogen) atoms. The maximum Gasteiger partial charge on any atom is 0.324 e. The Morgan fingerprint density at radius 1 is 1.43 bits per heavy atom. The molecule has 0 saturated carbocycles. The van der Waals surface area contributed by atoms with E-state index in [1.54, 1.807) is 4.90 Å². The van der Waals surface area contributed by atoms with Gasteiger partial charge in [0.1, 0.15) is 18.0 Å². The Morgan fingerprint density at radius 3 is 2.91 bits per heavy atom. The molecule has 3 rings (SSSR count). The first-order valence-corrected chi connectivity index (χ1v) is 8.49. The van der Waals surface area contributed by atoms with Gasteiger partial charge in [0.25, 0.3) is 0 Å². The number of likely N-dealkylation sites (tertiary alicyclic amines) is 1. The molecule has 124 valence electrons. The Labute approximate surface area is 138 Å². The van der Waals surface area contributed by atoms with E-state index in [-0.39, 0.29) is 17.5 Å². The molecule has 0 aliphatic carbocycles. The molecule has 1 aliphatic rings. The first-order chi connectivity index (χ1) is 10.9. The molecule has 0 spiro atoms. The number of aromatic nitrogens is 5. The monoisotopic (exact) mass is 335 g/mol. The molecule has 3 heterocycles. The molecule has 0 bridgehead atoms. The van der Waals surface area contributed by atoms with Crippen LogP contribution in [-0.4, -0.2) is 42.0 Å². The van der Waals surface area contributed by atoms with Crippen LogP contribution in [-0.2, 0) is 5.41 Å². The second-order valence-electron chi connectivity index (χ2n) is 6.68. The summed E-state index contributed by atoms with van der Waals surface area (Å²) in [5, 5.41) is 10.2. The van der Waals surface area contributed by atoms with E-state index in [2.05, 4.69) is 29.9 Å². The van der Waals surface area contributed by atoms with Crippen molar-refractivity contribution < 1.29 is 4.79 Å². The van der Waals surface area contributed by atoms with E-state index >= 15 is 0 Å². The zero-order chi connectivity index (χ0) is 16.4. The lowest BCUT2D eigenvalue weighted by molar-refractivity contribution is 0.159. The minimum atomic E-state index is -0.164. The Bertz CT molecular complexity index is 661. The second kappa shape index (κ2) is 6.23. The Hall–Kier alpha value is -2.03. The number of nitrogens with zero attached hydrogens (tertiary/aromatic N) is 5. The van der Waals surface area contributed by atoms with Crippen molar-refractivity contribution in [2.75, 3.05) is 11.9 Å². The summed E-state index contributed by atoms with van der Waals surface area (Å²) in [4.78, 5) is 23.0. The van der Waals surface area contributed by atoms with Gasteiger partial charge >= 0.3 is 6.03 Å². The number of amides is 2. The number of piperidine rings is 1. The number of carbonyl (C=O) groups is 1. The fourth-order valence-electron chi connectivity index (χ4n) is 2.58. The summed E-state index contributed by atoms with van der Waals surface area (Å²) in [5.74, 6) is 1.47. The standard InChI is InChI=1S/C14H21N7OS/c1-14(2,3)11-17-12(23-20-11)18-13(22)21-7-5-4-6-9(21)10-15-8-16-19-10/h8-9H,4-7H2,1-3H3,(H,15,16,19)(H,17,18,20,22). The third kappa shape index (κ3) is 3.49. The lowest BCUT2D eigenvalue weighted by atomic mass is 9.96. The second-order valence-corrected chi connectivity index (χ2v) is 7.43. The molecule has 2 aromatic heterocycles. The predicted molar refractivity (Wildman–Crippen MR) is 87.3 cm³/mol. The fraction of sp³-hybridized carbons (Fsp3) is 0.643. The SMILES string of the molecule is CC(C)(C)c1nsc(NC(=O)N2CCCCC2c2ncn[nH]2)n1. The molecule has 2 amide bonds. The van der Waals surface area contributed by atoms with Crippen LogP contribution in [0.15, 0.2) is 6.33 Å². The molecule has 2 aromatic rings. The number of hydrogen-bond donors (Lipinski definition) is 2. The summed E-state index contributed by atoms with van der Waals surface area (Å²) in [7, 11) is 0. The van der Waals surface area contributed by atoms with Crippen molar-refractivity contribution in [2.24, 2.45) is 0 Å². The van der Waals surface area contributed by atoms with E-state index in [9.17, 15) is 4.79 Å². The number of anilines is 1. The zero-order valence-corrected chi connectivity index (χ0v) is 14.4. The van der Waals surface area contributed by atoms with Crippen LogP contribution in [0.25, 0.3) is 0 Å². The third-order valence-corrected chi connectivity index (χ3v) is 4.45. The normalized spacial score (nSPS) is 18.9. The number of hydrogen-bond acceptors (Lipinski definition) is 6. The van der Waals surface area contributed by atoms with Crippen molar-refractivity contribution in [2.45, 2.75) is 51.5 Å². The molecular formula is C14H21N7OS. The summed E-state index contributed by atoms with van der Waals surface area (Å²) < 4.78 is 4.32. The molecule has 1 fully saturated rings. The zero-order valence-electron chi connectivity index (χ0n) is 13.5. The molecule has 1 aliphatic heterocycles. The number of rotatable bonds is 2. The number of carbonyl (C=O) groups excluding carboxylic acids is 1. The summed E-state index contributed by atoms with van der Waals surface area (Å²) in [6.07, 6.45) is 4.41. The first kappa shape index (κ1) is 15.9. The van der Waals surface area contributed by atoms with Gasteiger partial charge in [-0.3, -0.25) is 10.4 Å². The molecule has 1 saturated heterocycles. The lowest BCUT2D eigenvalue weighted by Gasteiger charge is -2.33. The van der Waals surface area contributed by atoms with Gasteiger partial charge in [0.15, 0.2) is 0 Å². The van der Waals surface area contributed by atoms with Crippen molar-refractivity contribution in [3.63, 3.8) is 0 Å². The van der Waals surface area contributed by atoms with Crippen LogP contribution < -0.4 is 5.32 Å². The van der Waals surface area contributed by atoms with E-state index in [1.807, 2.05) is 20.8 Å². The summed E-state index contributed by atoms with van der Waals surface area (Å²) >= 11 is 1.21. The lowest BCUT2D eigenvalue weighted by Crippen LogP contribution is -2.41. The van der Waals surface area contributed by atoms with Crippen LogP contribution in [0, 0.1) is 0 Å². The highest BCUT2D eigenvalue weighted by Gasteiger charge is 2.30. The minimum absolute atomic E-state index is 0.0683. The largest absolute Gasteiger partial charge is 0.324 e. The number of H-pyrrole nitrogens is 1. The third-order valence-electron chi connectivity index (χ3n) is 3.82. The fourth-order valence-corrected chi connectivity index (χ4v) is 3.32. The maximum atomic E-state index is 12.6. The molecule has 1 atom stereocenters. The van der Waals surface area contributed by atoms with Crippen LogP contribution in [0.3, 0.4) is 0 Å². The topological polar surface area (TPSA) is 99.7 Å². The highest BCUT2D eigenvalue weighted by atomic mass is 32.1. The number of urea groups is 1. The minimum Gasteiger partial charge on any atom is -0.314 e. The van der Waals surface area contributed by atoms with Gasteiger partial charge in [-0.05, 0) is 19.3 Å². The molecule has 2 N–H and O–H groups in total. The van der Waals surface area contributed by atoms with Gasteiger partial charge < -0.3 is 4.90 Å². The molecule has 1 unspecified atom stereocenters. The quantitative estimate of drug-likeness (QED) is 0.879.